The minimum Gasteiger partial charge on any atom is -0.480 e. The number of hydrogen-bond acceptors (Lipinski definition) is 3. The van der Waals surface area contributed by atoms with Crippen LogP contribution in [0.25, 0.3) is 0 Å². The van der Waals surface area contributed by atoms with Crippen LogP contribution in [0.3, 0.4) is 0 Å². The van der Waals surface area contributed by atoms with Gasteiger partial charge in [-0.15, -0.1) is 0 Å². The van der Waals surface area contributed by atoms with Crippen molar-refractivity contribution in [2.45, 2.75) is 18.7 Å². The Labute approximate surface area is 62.6 Å². The Morgan fingerprint density at radius 1 is 1.45 bits per heavy atom. The molecule has 0 bridgehead atoms. The van der Waals surface area contributed by atoms with E-state index < -0.39 is 25.3 Å². The molecule has 0 fully saturated rings. The summed E-state index contributed by atoms with van der Waals surface area (Å²) >= 11 is 0. The molecule has 2 unspecified atom stereocenters. The predicted octanol–water partition coefficient (Wildman–Crippen LogP) is -1.00. The molecule has 0 aliphatic carbocycles. The SMILES string of the molecule is CC(O)C(C(=O)O)P(=O)(O)O. The number of carboxylic acid groups (broad SMARTS) is 1. The monoisotopic (exact) mass is 184 g/mol. The molecule has 0 radical (unpaired) electrons. The van der Waals surface area contributed by atoms with Gasteiger partial charge in [-0.25, -0.2) is 0 Å². The quantitative estimate of drug-likeness (QED) is 0.418. The first-order chi connectivity index (χ1) is 4.76. The molecule has 0 aromatic carbocycles. The molecular formula is C4H9O6P. The highest BCUT2D eigenvalue weighted by Crippen LogP contribution is 2.42. The van der Waals surface area contributed by atoms with Gasteiger partial charge < -0.3 is 20.0 Å². The molecule has 0 aromatic rings. The summed E-state index contributed by atoms with van der Waals surface area (Å²) in [7, 11) is -4.74. The molecule has 0 saturated heterocycles. The van der Waals surface area contributed by atoms with Gasteiger partial charge in [-0.3, -0.25) is 9.36 Å². The summed E-state index contributed by atoms with van der Waals surface area (Å²) in [6.45, 7) is 1.01. The summed E-state index contributed by atoms with van der Waals surface area (Å²) in [4.78, 5) is 26.9. The molecule has 6 nitrogen and oxygen atoms in total. The smallest absolute Gasteiger partial charge is 0.342 e. The fourth-order valence-corrected chi connectivity index (χ4v) is 1.48. The van der Waals surface area contributed by atoms with Crippen LogP contribution >= 0.6 is 7.60 Å². The van der Waals surface area contributed by atoms with E-state index in [-0.39, 0.29) is 0 Å². The maximum Gasteiger partial charge on any atom is 0.342 e. The zero-order chi connectivity index (χ0) is 9.23. The van der Waals surface area contributed by atoms with Crippen molar-refractivity contribution in [3.05, 3.63) is 0 Å². The fourth-order valence-electron chi connectivity index (χ4n) is 0.631. The van der Waals surface area contributed by atoms with Crippen LogP contribution in [0.1, 0.15) is 6.92 Å². The second-order valence-electron chi connectivity index (χ2n) is 2.11. The number of aliphatic hydroxyl groups excluding tert-OH is 1. The summed E-state index contributed by atoms with van der Waals surface area (Å²) in [5.74, 6) is -1.70. The Kier molecular flexibility index (Phi) is 3.19. The minimum absolute atomic E-state index is 1.01. The van der Waals surface area contributed by atoms with Crippen LogP contribution in [0.2, 0.25) is 0 Å². The van der Waals surface area contributed by atoms with Crippen LogP contribution < -0.4 is 0 Å². The fraction of sp³-hybridized carbons (Fsp3) is 0.750. The molecule has 7 heteroatoms. The van der Waals surface area contributed by atoms with Crippen molar-refractivity contribution in [1.82, 2.24) is 0 Å². The maximum absolute atomic E-state index is 10.4. The van der Waals surface area contributed by atoms with Gasteiger partial charge in [0.25, 0.3) is 0 Å². The topological polar surface area (TPSA) is 115 Å². The van der Waals surface area contributed by atoms with Crippen LogP contribution in [-0.4, -0.2) is 37.7 Å². The van der Waals surface area contributed by atoms with E-state index in [1.54, 1.807) is 0 Å². The van der Waals surface area contributed by atoms with Gasteiger partial charge in [0.1, 0.15) is 0 Å². The van der Waals surface area contributed by atoms with Crippen molar-refractivity contribution in [2.24, 2.45) is 0 Å². The Bertz CT molecular complexity index is 193. The van der Waals surface area contributed by atoms with Crippen LogP contribution in [0.15, 0.2) is 0 Å². The first-order valence-electron chi connectivity index (χ1n) is 2.73. The lowest BCUT2D eigenvalue weighted by atomic mass is 10.3. The highest BCUT2D eigenvalue weighted by atomic mass is 31.2. The lowest BCUT2D eigenvalue weighted by molar-refractivity contribution is -0.138. The third-order valence-corrected chi connectivity index (χ3v) is 2.45. The number of carbonyl (C=O) groups is 1. The number of aliphatic hydroxyl groups is 1. The summed E-state index contributed by atoms with van der Waals surface area (Å²) in [5, 5.41) is 16.9. The third-order valence-electron chi connectivity index (χ3n) is 1.07. The van der Waals surface area contributed by atoms with Crippen LogP contribution in [0.4, 0.5) is 0 Å². The number of hydrogen-bond donors (Lipinski definition) is 4. The highest BCUT2D eigenvalue weighted by Gasteiger charge is 2.39. The van der Waals surface area contributed by atoms with Gasteiger partial charge in [-0.1, -0.05) is 0 Å². The van der Waals surface area contributed by atoms with E-state index in [1.165, 1.54) is 0 Å². The van der Waals surface area contributed by atoms with Crippen molar-refractivity contribution >= 4 is 13.6 Å². The zero-order valence-electron chi connectivity index (χ0n) is 5.71. The van der Waals surface area contributed by atoms with E-state index in [1.807, 2.05) is 0 Å². The summed E-state index contributed by atoms with van der Waals surface area (Å²) < 4.78 is 10.4. The molecule has 0 aromatic heterocycles. The van der Waals surface area contributed by atoms with E-state index >= 15 is 0 Å². The average Bonchev–Trinajstić information content (AvgIpc) is 1.54. The number of aliphatic carboxylic acids is 1. The van der Waals surface area contributed by atoms with E-state index in [9.17, 15) is 9.36 Å². The van der Waals surface area contributed by atoms with Crippen molar-refractivity contribution in [1.29, 1.82) is 0 Å². The molecule has 11 heavy (non-hydrogen) atoms. The molecule has 0 aliphatic rings. The van der Waals surface area contributed by atoms with E-state index in [0.717, 1.165) is 6.92 Å². The highest BCUT2D eigenvalue weighted by molar-refractivity contribution is 7.53. The molecule has 4 N–H and O–H groups in total. The molecular weight excluding hydrogens is 175 g/mol. The average molecular weight is 184 g/mol. The first kappa shape index (κ1) is 10.6. The summed E-state index contributed by atoms with van der Waals surface area (Å²) in [6, 6.07) is 0. The Hall–Kier alpha value is -0.420. The van der Waals surface area contributed by atoms with E-state index in [0.29, 0.717) is 0 Å². The summed E-state index contributed by atoms with van der Waals surface area (Å²) in [5.41, 5.74) is -2.03. The first-order valence-corrected chi connectivity index (χ1v) is 4.41. The molecule has 0 spiro atoms. The molecule has 2 atom stereocenters. The van der Waals surface area contributed by atoms with Crippen molar-refractivity contribution < 1.29 is 29.4 Å². The van der Waals surface area contributed by atoms with Gasteiger partial charge in [-0.05, 0) is 6.92 Å². The Morgan fingerprint density at radius 2 is 1.82 bits per heavy atom. The lowest BCUT2D eigenvalue weighted by Crippen LogP contribution is -2.31. The molecule has 0 saturated carbocycles. The number of carboxylic acids is 1. The van der Waals surface area contributed by atoms with Gasteiger partial charge >= 0.3 is 13.6 Å². The Morgan fingerprint density at radius 3 is 1.82 bits per heavy atom. The second-order valence-corrected chi connectivity index (χ2v) is 3.85. The lowest BCUT2D eigenvalue weighted by Gasteiger charge is -2.15. The molecule has 0 rings (SSSR count). The minimum atomic E-state index is -4.74. The van der Waals surface area contributed by atoms with Crippen molar-refractivity contribution in [2.75, 3.05) is 0 Å². The zero-order valence-corrected chi connectivity index (χ0v) is 6.60. The molecule has 0 aliphatic heterocycles. The molecule has 0 heterocycles. The van der Waals surface area contributed by atoms with E-state index in [2.05, 4.69) is 0 Å². The van der Waals surface area contributed by atoms with Crippen LogP contribution in [0.5, 0.6) is 0 Å². The number of rotatable bonds is 3. The van der Waals surface area contributed by atoms with Crippen LogP contribution in [-0.2, 0) is 9.36 Å². The molecule has 66 valence electrons. The van der Waals surface area contributed by atoms with E-state index in [4.69, 9.17) is 20.0 Å². The van der Waals surface area contributed by atoms with Gasteiger partial charge in [0.15, 0.2) is 5.66 Å². The standard InChI is InChI=1S/C4H9O6P/c1-2(5)3(4(6)7)11(8,9)10/h2-3,5H,1H3,(H,6,7)(H2,8,9,10). The largest absolute Gasteiger partial charge is 0.480 e. The molecule has 0 amide bonds. The maximum atomic E-state index is 10.4. The van der Waals surface area contributed by atoms with Crippen molar-refractivity contribution in [3.8, 4) is 0 Å². The second kappa shape index (κ2) is 3.32. The summed E-state index contributed by atoms with van der Waals surface area (Å²) in [6.07, 6.45) is -1.56. The third kappa shape index (κ3) is 2.98. The van der Waals surface area contributed by atoms with Gasteiger partial charge in [0, 0.05) is 0 Å². The Balaban J connectivity index is 4.63. The predicted molar refractivity (Wildman–Crippen MR) is 35.1 cm³/mol. The van der Waals surface area contributed by atoms with Gasteiger partial charge in [0.05, 0.1) is 6.10 Å². The van der Waals surface area contributed by atoms with Crippen LogP contribution in [0, 0.1) is 0 Å². The van der Waals surface area contributed by atoms with Gasteiger partial charge in [0.2, 0.25) is 0 Å². The van der Waals surface area contributed by atoms with Gasteiger partial charge in [-0.2, -0.15) is 0 Å². The van der Waals surface area contributed by atoms with Crippen molar-refractivity contribution in [3.63, 3.8) is 0 Å². The normalized spacial score (nSPS) is 17.5.